The topological polar surface area (TPSA) is 94.0 Å². The van der Waals surface area contributed by atoms with Crippen LogP contribution in [0.25, 0.3) is 27.6 Å². The molecule has 0 spiro atoms. The lowest BCUT2D eigenvalue weighted by atomic mass is 10.1. The smallest absolute Gasteiger partial charge is 0.355 e. The van der Waals surface area contributed by atoms with Crippen LogP contribution in [-0.2, 0) is 0 Å². The lowest BCUT2D eigenvalue weighted by molar-refractivity contribution is 0.0690. The van der Waals surface area contributed by atoms with Gasteiger partial charge in [0.15, 0.2) is 5.69 Å². The first-order valence-corrected chi connectivity index (χ1v) is 9.08. The van der Waals surface area contributed by atoms with E-state index in [1.165, 1.54) is 11.3 Å². The Kier molecular flexibility index (Phi) is 4.21. The molecule has 0 saturated heterocycles. The highest BCUT2D eigenvalue weighted by Gasteiger charge is 2.23. The minimum Gasteiger partial charge on any atom is -0.476 e. The molecule has 0 saturated carbocycles. The van der Waals surface area contributed by atoms with E-state index in [4.69, 9.17) is 5.73 Å². The number of thiazole rings is 1. The van der Waals surface area contributed by atoms with Gasteiger partial charge in [-0.15, -0.1) is 0 Å². The molecule has 0 unspecified atom stereocenters. The molecule has 0 atom stereocenters. The number of aromatic nitrogens is 3. The second-order valence-corrected chi connectivity index (χ2v) is 7.14. The summed E-state index contributed by atoms with van der Waals surface area (Å²) in [5.74, 6) is -1.06. The highest BCUT2D eigenvalue weighted by atomic mass is 32.1. The van der Waals surface area contributed by atoms with Crippen LogP contribution in [0.2, 0.25) is 0 Å². The summed E-state index contributed by atoms with van der Waals surface area (Å²) >= 11 is 1.27. The third-order valence-corrected chi connectivity index (χ3v) is 5.13. The monoisotopic (exact) mass is 376 g/mol. The number of anilines is 1. The van der Waals surface area contributed by atoms with Crippen LogP contribution in [0.1, 0.15) is 15.4 Å². The number of hydrogen-bond donors (Lipinski definition) is 2. The van der Waals surface area contributed by atoms with Crippen molar-refractivity contribution in [2.75, 3.05) is 5.73 Å². The average Bonchev–Trinajstić information content (AvgIpc) is 3.23. The summed E-state index contributed by atoms with van der Waals surface area (Å²) in [7, 11) is 0. The van der Waals surface area contributed by atoms with Crippen LogP contribution in [-0.4, -0.2) is 25.8 Å². The zero-order valence-corrected chi connectivity index (χ0v) is 15.3. The van der Waals surface area contributed by atoms with Crippen molar-refractivity contribution in [2.45, 2.75) is 6.92 Å². The quantitative estimate of drug-likeness (QED) is 0.555. The molecule has 0 aliphatic carbocycles. The maximum atomic E-state index is 11.4. The highest BCUT2D eigenvalue weighted by Crippen LogP contribution is 2.37. The molecule has 0 aliphatic heterocycles. The number of aryl methyl sites for hydroxylation is 1. The second-order valence-electron chi connectivity index (χ2n) is 5.96. The Bertz CT molecular complexity index is 1120. The molecule has 0 radical (unpaired) electrons. The van der Waals surface area contributed by atoms with Crippen LogP contribution in [0.3, 0.4) is 0 Å². The molecule has 7 heteroatoms. The van der Waals surface area contributed by atoms with Crippen molar-refractivity contribution in [2.24, 2.45) is 0 Å². The maximum Gasteiger partial charge on any atom is 0.355 e. The summed E-state index contributed by atoms with van der Waals surface area (Å²) in [6.07, 6.45) is 0. The molecule has 4 aromatic rings. The zero-order chi connectivity index (χ0) is 19.0. The number of carboxylic acids is 1. The number of hydrogen-bond acceptors (Lipinski definition) is 5. The van der Waals surface area contributed by atoms with Crippen LogP contribution >= 0.6 is 11.3 Å². The minimum atomic E-state index is -1.06. The van der Waals surface area contributed by atoms with E-state index >= 15 is 0 Å². The Hall–Kier alpha value is -3.45. The van der Waals surface area contributed by atoms with Crippen LogP contribution in [0.15, 0.2) is 60.7 Å². The number of nitrogens with two attached hydrogens (primary N) is 1. The molecule has 0 aliphatic rings. The molecule has 2 aromatic carbocycles. The zero-order valence-electron chi connectivity index (χ0n) is 14.5. The fourth-order valence-electron chi connectivity index (χ4n) is 2.92. The summed E-state index contributed by atoms with van der Waals surface area (Å²) in [4.78, 5) is 16.3. The number of benzene rings is 2. The molecule has 0 bridgehead atoms. The van der Waals surface area contributed by atoms with E-state index in [-0.39, 0.29) is 5.69 Å². The van der Waals surface area contributed by atoms with E-state index in [0.717, 1.165) is 11.1 Å². The van der Waals surface area contributed by atoms with Gasteiger partial charge in [-0.05, 0) is 6.92 Å². The van der Waals surface area contributed by atoms with Crippen molar-refractivity contribution in [3.05, 3.63) is 71.2 Å². The third kappa shape index (κ3) is 2.98. The highest BCUT2D eigenvalue weighted by molar-refractivity contribution is 7.14. The maximum absolute atomic E-state index is 11.4. The van der Waals surface area contributed by atoms with Gasteiger partial charge in [0.2, 0.25) is 5.13 Å². The second kappa shape index (κ2) is 6.69. The molecule has 0 amide bonds. The van der Waals surface area contributed by atoms with Crippen molar-refractivity contribution < 1.29 is 9.90 Å². The number of rotatable bonds is 4. The van der Waals surface area contributed by atoms with Gasteiger partial charge in [0.1, 0.15) is 11.4 Å². The summed E-state index contributed by atoms with van der Waals surface area (Å²) in [5, 5.41) is 14.5. The molecule has 27 heavy (non-hydrogen) atoms. The van der Waals surface area contributed by atoms with Gasteiger partial charge in [-0.3, -0.25) is 0 Å². The van der Waals surface area contributed by atoms with Crippen LogP contribution in [0, 0.1) is 6.92 Å². The average molecular weight is 376 g/mol. The molecule has 6 nitrogen and oxygen atoms in total. The van der Waals surface area contributed by atoms with Crippen molar-refractivity contribution in [3.63, 3.8) is 0 Å². The molecule has 2 heterocycles. The summed E-state index contributed by atoms with van der Waals surface area (Å²) in [6.45, 7) is 1.73. The normalized spacial score (nSPS) is 10.9. The Morgan fingerprint density at radius 3 is 2.19 bits per heavy atom. The fourth-order valence-corrected chi connectivity index (χ4v) is 3.78. The minimum absolute atomic E-state index is 0.0318. The summed E-state index contributed by atoms with van der Waals surface area (Å²) in [6, 6.07) is 19.3. The van der Waals surface area contributed by atoms with E-state index in [2.05, 4.69) is 10.1 Å². The molecule has 4 rings (SSSR count). The van der Waals surface area contributed by atoms with E-state index in [0.29, 0.717) is 27.1 Å². The van der Waals surface area contributed by atoms with E-state index in [1.807, 2.05) is 60.7 Å². The Morgan fingerprint density at radius 1 is 1.04 bits per heavy atom. The Morgan fingerprint density at radius 2 is 1.63 bits per heavy atom. The number of nitrogens with zero attached hydrogens (tertiary/aromatic N) is 3. The Balaban J connectivity index is 1.98. The SMILES string of the molecule is Cc1sc(-n2nc(-c3ccccc3)c(N)c2-c2ccccc2)nc1C(=O)O. The predicted octanol–water partition coefficient (Wildman–Crippen LogP) is 4.25. The van der Waals surface area contributed by atoms with Gasteiger partial charge in [0.25, 0.3) is 0 Å². The first-order chi connectivity index (χ1) is 13.1. The van der Waals surface area contributed by atoms with Gasteiger partial charge >= 0.3 is 5.97 Å². The van der Waals surface area contributed by atoms with Gasteiger partial charge in [-0.25, -0.2) is 14.5 Å². The van der Waals surface area contributed by atoms with E-state index in [9.17, 15) is 9.90 Å². The van der Waals surface area contributed by atoms with Gasteiger partial charge in [-0.1, -0.05) is 72.0 Å². The molecular formula is C20H16N4O2S. The number of carboxylic acid groups (broad SMARTS) is 1. The molecule has 2 aromatic heterocycles. The van der Waals surface area contributed by atoms with Crippen LogP contribution in [0.5, 0.6) is 0 Å². The standard InChI is InChI=1S/C20H16N4O2S/c1-12-16(19(25)26)22-20(27-12)24-18(14-10-6-3-7-11-14)15(21)17(23-24)13-8-4-2-5-9-13/h2-11H,21H2,1H3,(H,25,26). The van der Waals surface area contributed by atoms with Crippen molar-refractivity contribution in [3.8, 4) is 27.6 Å². The summed E-state index contributed by atoms with van der Waals surface area (Å²) < 4.78 is 1.64. The van der Waals surface area contributed by atoms with Crippen LogP contribution < -0.4 is 5.73 Å². The Labute approximate surface area is 159 Å². The largest absolute Gasteiger partial charge is 0.476 e. The summed E-state index contributed by atoms with van der Waals surface area (Å²) in [5.41, 5.74) is 10.1. The molecule has 134 valence electrons. The van der Waals surface area contributed by atoms with Crippen molar-refractivity contribution in [1.82, 2.24) is 14.8 Å². The van der Waals surface area contributed by atoms with Crippen LogP contribution in [0.4, 0.5) is 5.69 Å². The van der Waals surface area contributed by atoms with Gasteiger partial charge in [-0.2, -0.15) is 5.10 Å². The third-order valence-electron chi connectivity index (χ3n) is 4.19. The van der Waals surface area contributed by atoms with Crippen molar-refractivity contribution in [1.29, 1.82) is 0 Å². The first-order valence-electron chi connectivity index (χ1n) is 8.26. The number of nitrogen functional groups attached to an aromatic ring is 1. The molecular weight excluding hydrogens is 360 g/mol. The first kappa shape index (κ1) is 17.0. The number of aromatic carboxylic acids is 1. The van der Waals surface area contributed by atoms with Crippen molar-refractivity contribution >= 4 is 23.0 Å². The van der Waals surface area contributed by atoms with Gasteiger partial charge in [0, 0.05) is 16.0 Å². The van der Waals surface area contributed by atoms with E-state index < -0.39 is 5.97 Å². The molecule has 3 N–H and O–H groups in total. The van der Waals surface area contributed by atoms with Gasteiger partial charge < -0.3 is 10.8 Å². The number of carbonyl (C=O) groups is 1. The van der Waals surface area contributed by atoms with E-state index in [1.54, 1.807) is 11.6 Å². The molecule has 0 fully saturated rings. The van der Waals surface area contributed by atoms with Gasteiger partial charge in [0.05, 0.1) is 5.69 Å². The fraction of sp³-hybridized carbons (Fsp3) is 0.0500. The lowest BCUT2D eigenvalue weighted by Gasteiger charge is -2.05. The predicted molar refractivity (Wildman–Crippen MR) is 106 cm³/mol. The lowest BCUT2D eigenvalue weighted by Crippen LogP contribution is -2.02.